The molecule has 0 amide bonds. The minimum Gasteiger partial charge on any atom is -0.468 e. The van der Waals surface area contributed by atoms with Crippen LogP contribution in [0, 0.1) is 5.92 Å². The maximum Gasteiger partial charge on any atom is 0.325 e. The Bertz CT molecular complexity index is 1260. The van der Waals surface area contributed by atoms with Crippen molar-refractivity contribution in [2.45, 2.75) is 44.6 Å². The molecule has 2 aliphatic rings. The summed E-state index contributed by atoms with van der Waals surface area (Å²) in [5.74, 6) is 1.11. The molecule has 0 spiro atoms. The summed E-state index contributed by atoms with van der Waals surface area (Å²) < 4.78 is 6.23. The molecule has 1 aliphatic heterocycles. The number of likely N-dealkylation sites (tertiary alicyclic amines) is 1. The van der Waals surface area contributed by atoms with E-state index in [1.807, 2.05) is 18.2 Å². The van der Waals surface area contributed by atoms with E-state index in [4.69, 9.17) is 21.3 Å². The molecule has 34 heavy (non-hydrogen) atoms. The van der Waals surface area contributed by atoms with Gasteiger partial charge in [0, 0.05) is 17.1 Å². The highest BCUT2D eigenvalue weighted by Gasteiger charge is 2.32. The molecule has 6 nitrogen and oxygen atoms in total. The second kappa shape index (κ2) is 9.88. The molecule has 1 aromatic heterocycles. The van der Waals surface area contributed by atoms with Gasteiger partial charge in [-0.15, -0.1) is 0 Å². The lowest BCUT2D eigenvalue weighted by atomic mass is 9.71. The Morgan fingerprint density at radius 1 is 1.12 bits per heavy atom. The minimum absolute atomic E-state index is 0.203. The van der Waals surface area contributed by atoms with Crippen LogP contribution in [-0.2, 0) is 16.1 Å². The van der Waals surface area contributed by atoms with E-state index in [-0.39, 0.29) is 12.1 Å². The van der Waals surface area contributed by atoms with Crippen molar-refractivity contribution in [1.82, 2.24) is 14.5 Å². The maximum absolute atomic E-state index is 13.5. The van der Waals surface area contributed by atoms with Gasteiger partial charge in [0.25, 0.3) is 5.56 Å². The molecule has 7 heteroatoms. The van der Waals surface area contributed by atoms with Crippen LogP contribution in [0.15, 0.2) is 47.3 Å². The lowest BCUT2D eigenvalue weighted by Crippen LogP contribution is -2.38. The van der Waals surface area contributed by atoms with Crippen molar-refractivity contribution < 1.29 is 9.53 Å². The van der Waals surface area contributed by atoms with E-state index in [0.717, 1.165) is 18.8 Å². The highest BCUT2D eigenvalue weighted by molar-refractivity contribution is 6.30. The SMILES string of the molecule is COC(=O)Cn1c(-c2cccc(Cl)c2)nc2ccc([C@H]3C[C@H](CN4CCCCC4)C3)cc2c1=O. The van der Waals surface area contributed by atoms with Crippen molar-refractivity contribution in [2.24, 2.45) is 5.92 Å². The first-order valence-corrected chi connectivity index (χ1v) is 12.5. The molecular weight excluding hydrogens is 450 g/mol. The highest BCUT2D eigenvalue weighted by atomic mass is 35.5. The van der Waals surface area contributed by atoms with Crippen LogP contribution in [0.3, 0.4) is 0 Å². The lowest BCUT2D eigenvalue weighted by Gasteiger charge is -2.40. The van der Waals surface area contributed by atoms with Gasteiger partial charge in [0.15, 0.2) is 0 Å². The summed E-state index contributed by atoms with van der Waals surface area (Å²) in [4.78, 5) is 33.0. The molecule has 0 N–H and O–H groups in total. The zero-order valence-corrected chi connectivity index (χ0v) is 20.3. The number of carbonyl (C=O) groups excluding carboxylic acids is 1. The van der Waals surface area contributed by atoms with E-state index in [1.54, 1.807) is 18.2 Å². The van der Waals surface area contributed by atoms with E-state index in [0.29, 0.717) is 33.2 Å². The summed E-state index contributed by atoms with van der Waals surface area (Å²) in [6.45, 7) is 3.46. The van der Waals surface area contributed by atoms with Gasteiger partial charge in [-0.3, -0.25) is 14.2 Å². The standard InChI is InChI=1S/C27H30ClN3O3/c1-34-25(32)17-31-26(20-6-5-7-22(28)14-20)29-24-9-8-19(15-23(24)27(31)33)21-12-18(13-21)16-30-10-3-2-4-11-30/h5-9,14-15,18,21H,2-4,10-13,16-17H2,1H3/t18-,21-. The summed E-state index contributed by atoms with van der Waals surface area (Å²) in [5.41, 5.74) is 2.24. The first kappa shape index (κ1) is 23.1. The van der Waals surface area contributed by atoms with Crippen LogP contribution in [-0.4, -0.2) is 47.2 Å². The van der Waals surface area contributed by atoms with Crippen molar-refractivity contribution in [3.8, 4) is 11.4 Å². The van der Waals surface area contributed by atoms with E-state index < -0.39 is 5.97 Å². The van der Waals surface area contributed by atoms with Crippen molar-refractivity contribution in [1.29, 1.82) is 0 Å². The number of fused-ring (bicyclic) bond motifs is 1. The first-order valence-electron chi connectivity index (χ1n) is 12.1. The number of ether oxygens (including phenoxy) is 1. The zero-order valence-electron chi connectivity index (χ0n) is 19.5. The molecule has 1 aliphatic carbocycles. The van der Waals surface area contributed by atoms with Gasteiger partial charge in [0.05, 0.1) is 18.0 Å². The van der Waals surface area contributed by atoms with Crippen LogP contribution in [0.4, 0.5) is 0 Å². The van der Waals surface area contributed by atoms with E-state index in [1.165, 1.54) is 56.1 Å². The number of rotatable bonds is 6. The number of piperidine rings is 1. The maximum atomic E-state index is 13.5. The van der Waals surface area contributed by atoms with Gasteiger partial charge in [0.2, 0.25) is 0 Å². The minimum atomic E-state index is -0.498. The normalized spacial score (nSPS) is 20.8. The fourth-order valence-corrected chi connectivity index (χ4v) is 5.54. The average molecular weight is 480 g/mol. The first-order chi connectivity index (χ1) is 16.5. The number of methoxy groups -OCH3 is 1. The fraction of sp³-hybridized carbons (Fsp3) is 0.444. The monoisotopic (exact) mass is 479 g/mol. The molecule has 2 aromatic carbocycles. The predicted octanol–water partition coefficient (Wildman–Crippen LogP) is 4.87. The molecule has 2 heterocycles. The second-order valence-electron chi connectivity index (χ2n) is 9.59. The van der Waals surface area contributed by atoms with E-state index in [2.05, 4.69) is 11.0 Å². The fourth-order valence-electron chi connectivity index (χ4n) is 5.34. The third-order valence-electron chi connectivity index (χ3n) is 7.25. The molecule has 5 rings (SSSR count). The van der Waals surface area contributed by atoms with Crippen molar-refractivity contribution in [3.63, 3.8) is 0 Å². The summed E-state index contributed by atoms with van der Waals surface area (Å²) in [5, 5.41) is 1.07. The third kappa shape index (κ3) is 4.75. The van der Waals surface area contributed by atoms with Gasteiger partial charge in [-0.1, -0.05) is 36.2 Å². The van der Waals surface area contributed by atoms with Gasteiger partial charge in [-0.05, 0) is 80.4 Å². The highest BCUT2D eigenvalue weighted by Crippen LogP contribution is 2.42. The number of hydrogen-bond donors (Lipinski definition) is 0. The smallest absolute Gasteiger partial charge is 0.325 e. The van der Waals surface area contributed by atoms with Crippen LogP contribution in [0.25, 0.3) is 22.3 Å². The Labute approximate surface area is 204 Å². The van der Waals surface area contributed by atoms with Gasteiger partial charge in [-0.2, -0.15) is 0 Å². The predicted molar refractivity (Wildman–Crippen MR) is 134 cm³/mol. The van der Waals surface area contributed by atoms with Gasteiger partial charge in [0.1, 0.15) is 12.4 Å². The molecule has 0 atom stereocenters. The van der Waals surface area contributed by atoms with Crippen LogP contribution in [0.5, 0.6) is 0 Å². The summed E-state index contributed by atoms with van der Waals surface area (Å²) in [7, 11) is 1.32. The zero-order chi connectivity index (χ0) is 23.7. The number of benzene rings is 2. The van der Waals surface area contributed by atoms with Crippen molar-refractivity contribution in [3.05, 3.63) is 63.4 Å². The molecule has 3 aromatic rings. The molecule has 0 radical (unpaired) electrons. The summed E-state index contributed by atoms with van der Waals surface area (Å²) in [6, 6.07) is 13.1. The van der Waals surface area contributed by atoms with Gasteiger partial charge >= 0.3 is 5.97 Å². The molecule has 1 saturated carbocycles. The molecule has 0 bridgehead atoms. The molecular formula is C27H30ClN3O3. The average Bonchev–Trinajstić information content (AvgIpc) is 2.83. The van der Waals surface area contributed by atoms with Crippen LogP contribution in [0.1, 0.15) is 43.6 Å². The topological polar surface area (TPSA) is 64.4 Å². The summed E-state index contributed by atoms with van der Waals surface area (Å²) >= 11 is 6.18. The van der Waals surface area contributed by atoms with Gasteiger partial charge < -0.3 is 9.64 Å². The second-order valence-corrected chi connectivity index (χ2v) is 10.0. The Morgan fingerprint density at radius 3 is 2.65 bits per heavy atom. The number of halogens is 1. The number of hydrogen-bond acceptors (Lipinski definition) is 5. The molecule has 2 fully saturated rings. The Kier molecular flexibility index (Phi) is 6.70. The molecule has 178 valence electrons. The largest absolute Gasteiger partial charge is 0.468 e. The third-order valence-corrected chi connectivity index (χ3v) is 7.48. The van der Waals surface area contributed by atoms with Crippen molar-refractivity contribution >= 4 is 28.5 Å². The number of carbonyl (C=O) groups is 1. The van der Waals surface area contributed by atoms with Crippen LogP contribution in [0.2, 0.25) is 5.02 Å². The van der Waals surface area contributed by atoms with Crippen molar-refractivity contribution in [2.75, 3.05) is 26.7 Å². The molecule has 0 unspecified atom stereocenters. The number of aromatic nitrogens is 2. The van der Waals surface area contributed by atoms with E-state index >= 15 is 0 Å². The quantitative estimate of drug-likeness (QED) is 0.472. The number of nitrogens with zero attached hydrogens (tertiary/aromatic N) is 3. The van der Waals surface area contributed by atoms with Gasteiger partial charge in [-0.25, -0.2) is 4.98 Å². The Balaban J connectivity index is 1.44. The number of esters is 1. The Hall–Kier alpha value is -2.70. The van der Waals surface area contributed by atoms with E-state index in [9.17, 15) is 9.59 Å². The van der Waals surface area contributed by atoms with Crippen LogP contribution >= 0.6 is 11.6 Å². The molecule has 1 saturated heterocycles. The summed E-state index contributed by atoms with van der Waals surface area (Å²) in [6.07, 6.45) is 6.33. The Morgan fingerprint density at radius 2 is 1.91 bits per heavy atom. The van der Waals surface area contributed by atoms with Crippen LogP contribution < -0.4 is 5.56 Å². The lowest BCUT2D eigenvalue weighted by molar-refractivity contribution is -0.141.